The van der Waals surface area contributed by atoms with Crippen molar-refractivity contribution < 1.29 is 9.63 Å². The van der Waals surface area contributed by atoms with E-state index in [0.717, 1.165) is 25.7 Å². The normalized spacial score (nSPS) is 18.0. The Hall–Kier alpha value is -0.610. The molecule has 0 heterocycles. The predicted molar refractivity (Wildman–Crippen MR) is 58.8 cm³/mol. The zero-order chi connectivity index (χ0) is 10.9. The molecule has 1 aliphatic rings. The van der Waals surface area contributed by atoms with Crippen LogP contribution >= 0.6 is 0 Å². The number of hydroxylamine groups is 1. The fourth-order valence-corrected chi connectivity index (χ4v) is 1.92. The third-order valence-electron chi connectivity index (χ3n) is 2.81. The van der Waals surface area contributed by atoms with Gasteiger partial charge in [-0.2, -0.15) is 0 Å². The summed E-state index contributed by atoms with van der Waals surface area (Å²) in [5, 5.41) is 1.65. The molecule has 0 saturated heterocycles. The first-order valence-corrected chi connectivity index (χ1v) is 6.00. The minimum absolute atomic E-state index is 0.362. The fraction of sp³-hybridized carbons (Fsp3) is 0.909. The van der Waals surface area contributed by atoms with E-state index in [1.54, 1.807) is 5.17 Å². The molecule has 15 heavy (non-hydrogen) atoms. The monoisotopic (exact) mass is 214 g/mol. The van der Waals surface area contributed by atoms with Crippen molar-refractivity contribution in [3.8, 4) is 0 Å². The van der Waals surface area contributed by atoms with Gasteiger partial charge in [0.15, 0.2) is 0 Å². The molecule has 0 spiro atoms. The van der Waals surface area contributed by atoms with Crippen LogP contribution in [0.2, 0.25) is 0 Å². The van der Waals surface area contributed by atoms with Crippen LogP contribution < -0.4 is 5.43 Å². The zero-order valence-corrected chi connectivity index (χ0v) is 9.58. The van der Waals surface area contributed by atoms with Crippen LogP contribution in [0.25, 0.3) is 0 Å². The van der Waals surface area contributed by atoms with Gasteiger partial charge in [-0.05, 0) is 19.3 Å². The van der Waals surface area contributed by atoms with Gasteiger partial charge in [0.1, 0.15) is 0 Å². The topological polar surface area (TPSA) is 41.6 Å². The van der Waals surface area contributed by atoms with E-state index >= 15 is 0 Å². The van der Waals surface area contributed by atoms with Crippen LogP contribution in [-0.2, 0) is 9.63 Å². The zero-order valence-electron chi connectivity index (χ0n) is 9.58. The molecular weight excluding hydrogens is 192 g/mol. The van der Waals surface area contributed by atoms with Crippen molar-refractivity contribution >= 4 is 6.41 Å². The summed E-state index contributed by atoms with van der Waals surface area (Å²) in [6.07, 6.45) is 8.85. The highest BCUT2D eigenvalue weighted by atomic mass is 16.7. The molecule has 1 aliphatic carbocycles. The van der Waals surface area contributed by atoms with Gasteiger partial charge < -0.3 is 0 Å². The molecule has 1 saturated carbocycles. The molecule has 0 bridgehead atoms. The molecule has 0 aromatic heterocycles. The van der Waals surface area contributed by atoms with E-state index < -0.39 is 0 Å². The Balaban J connectivity index is 2.29. The lowest BCUT2D eigenvalue weighted by atomic mass is 9.96. The van der Waals surface area contributed by atoms with E-state index in [9.17, 15) is 4.79 Å². The summed E-state index contributed by atoms with van der Waals surface area (Å²) < 4.78 is 0. The molecule has 1 rings (SSSR count). The number of rotatable bonds is 7. The first kappa shape index (κ1) is 12.5. The second-order valence-electron chi connectivity index (χ2n) is 4.05. The van der Waals surface area contributed by atoms with Crippen molar-refractivity contribution in [2.75, 3.05) is 6.61 Å². The number of hydrazine groups is 1. The first-order chi connectivity index (χ1) is 7.38. The van der Waals surface area contributed by atoms with Crippen molar-refractivity contribution in [1.29, 1.82) is 0 Å². The van der Waals surface area contributed by atoms with Crippen LogP contribution in [-0.4, -0.2) is 24.2 Å². The maximum absolute atomic E-state index is 10.5. The summed E-state index contributed by atoms with van der Waals surface area (Å²) in [6, 6.07) is 0.362. The van der Waals surface area contributed by atoms with Gasteiger partial charge in [-0.3, -0.25) is 15.1 Å². The Kier molecular flexibility index (Phi) is 6.36. The number of nitrogens with zero attached hydrogens (tertiary/aromatic N) is 1. The Bertz CT molecular complexity index is 170. The largest absolute Gasteiger partial charge is 0.279 e. The van der Waals surface area contributed by atoms with Crippen LogP contribution in [0.3, 0.4) is 0 Å². The molecule has 0 aromatic carbocycles. The van der Waals surface area contributed by atoms with Gasteiger partial charge in [0.2, 0.25) is 6.41 Å². The number of hydrogen-bond donors (Lipinski definition) is 1. The second kappa shape index (κ2) is 7.65. The van der Waals surface area contributed by atoms with Crippen LogP contribution in [0.4, 0.5) is 0 Å². The number of nitrogens with one attached hydrogen (secondary N) is 1. The molecule has 1 amide bonds. The van der Waals surface area contributed by atoms with Crippen molar-refractivity contribution in [3.63, 3.8) is 0 Å². The molecule has 0 radical (unpaired) electrons. The van der Waals surface area contributed by atoms with E-state index in [-0.39, 0.29) is 0 Å². The average molecular weight is 214 g/mol. The number of amides is 1. The summed E-state index contributed by atoms with van der Waals surface area (Å²) in [7, 11) is 0. The van der Waals surface area contributed by atoms with Crippen molar-refractivity contribution in [1.82, 2.24) is 10.6 Å². The molecule has 1 N–H and O–H groups in total. The summed E-state index contributed by atoms with van der Waals surface area (Å²) in [5.41, 5.74) is 2.64. The lowest BCUT2D eigenvalue weighted by Crippen LogP contribution is -2.46. The molecule has 0 unspecified atom stereocenters. The van der Waals surface area contributed by atoms with Crippen molar-refractivity contribution in [2.24, 2.45) is 0 Å². The van der Waals surface area contributed by atoms with E-state index in [2.05, 4.69) is 12.3 Å². The van der Waals surface area contributed by atoms with E-state index in [0.29, 0.717) is 19.1 Å². The van der Waals surface area contributed by atoms with Crippen molar-refractivity contribution in [2.45, 2.75) is 57.9 Å². The predicted octanol–water partition coefficient (Wildman–Crippen LogP) is 2.01. The highest BCUT2D eigenvalue weighted by molar-refractivity contribution is 5.44. The number of carbonyl (C=O) groups is 1. The van der Waals surface area contributed by atoms with E-state index in [1.807, 2.05) is 0 Å². The van der Waals surface area contributed by atoms with Gasteiger partial charge in [-0.25, -0.2) is 0 Å². The first-order valence-electron chi connectivity index (χ1n) is 6.00. The Labute approximate surface area is 91.9 Å². The molecule has 1 fully saturated rings. The smallest absolute Gasteiger partial charge is 0.223 e. The second-order valence-corrected chi connectivity index (χ2v) is 4.05. The summed E-state index contributed by atoms with van der Waals surface area (Å²) >= 11 is 0. The lowest BCUT2D eigenvalue weighted by Gasteiger charge is -2.31. The highest BCUT2D eigenvalue weighted by Gasteiger charge is 2.21. The summed E-state index contributed by atoms with van der Waals surface area (Å²) in [6.45, 7) is 2.81. The summed E-state index contributed by atoms with van der Waals surface area (Å²) in [4.78, 5) is 16.0. The van der Waals surface area contributed by atoms with Crippen LogP contribution in [0.1, 0.15) is 51.9 Å². The Morgan fingerprint density at radius 1 is 1.40 bits per heavy atom. The minimum atomic E-state index is 0.362. The highest BCUT2D eigenvalue weighted by Crippen LogP contribution is 2.21. The third kappa shape index (κ3) is 4.62. The number of hydrogen-bond acceptors (Lipinski definition) is 3. The molecule has 4 nitrogen and oxygen atoms in total. The Morgan fingerprint density at radius 2 is 2.13 bits per heavy atom. The molecular formula is C11H22N2O2. The molecule has 4 heteroatoms. The van der Waals surface area contributed by atoms with Gasteiger partial charge in [-0.1, -0.05) is 37.8 Å². The van der Waals surface area contributed by atoms with Gasteiger partial charge in [-0.15, -0.1) is 0 Å². The van der Waals surface area contributed by atoms with Gasteiger partial charge in [0, 0.05) is 0 Å². The molecule has 0 atom stereocenters. The summed E-state index contributed by atoms with van der Waals surface area (Å²) in [5.74, 6) is 0. The molecule has 0 aromatic rings. The van der Waals surface area contributed by atoms with Crippen LogP contribution in [0.5, 0.6) is 0 Å². The SMILES string of the molecule is CCCCON(NC=O)C1CCCCC1. The van der Waals surface area contributed by atoms with Crippen LogP contribution in [0.15, 0.2) is 0 Å². The number of unbranched alkanes of at least 4 members (excludes halogenated alkanes) is 1. The van der Waals surface area contributed by atoms with E-state index in [4.69, 9.17) is 4.84 Å². The molecule has 0 aliphatic heterocycles. The van der Waals surface area contributed by atoms with Gasteiger partial charge in [0.25, 0.3) is 0 Å². The number of carbonyl (C=O) groups excluding carboxylic acids is 1. The fourth-order valence-electron chi connectivity index (χ4n) is 1.92. The minimum Gasteiger partial charge on any atom is -0.279 e. The quantitative estimate of drug-likeness (QED) is 0.400. The maximum atomic E-state index is 10.5. The third-order valence-corrected chi connectivity index (χ3v) is 2.81. The van der Waals surface area contributed by atoms with Gasteiger partial charge in [0.05, 0.1) is 12.6 Å². The van der Waals surface area contributed by atoms with Gasteiger partial charge >= 0.3 is 0 Å². The Morgan fingerprint density at radius 3 is 2.73 bits per heavy atom. The average Bonchev–Trinajstić information content (AvgIpc) is 2.29. The van der Waals surface area contributed by atoms with Crippen molar-refractivity contribution in [3.05, 3.63) is 0 Å². The standard InChI is InChI=1S/C11H22N2O2/c1-2-3-9-15-13(12-10-14)11-7-5-4-6-8-11/h10-11H,2-9H2,1H3,(H,12,14). The lowest BCUT2D eigenvalue weighted by molar-refractivity contribution is -0.223. The maximum Gasteiger partial charge on any atom is 0.223 e. The van der Waals surface area contributed by atoms with E-state index in [1.165, 1.54) is 19.3 Å². The van der Waals surface area contributed by atoms with Crippen LogP contribution in [0, 0.1) is 0 Å². The molecule has 88 valence electrons.